The van der Waals surface area contributed by atoms with Crippen molar-refractivity contribution < 1.29 is 0 Å². The number of halogens is 1. The summed E-state index contributed by atoms with van der Waals surface area (Å²) in [6.45, 7) is 4.59. The lowest BCUT2D eigenvalue weighted by molar-refractivity contribution is 0.602. The van der Waals surface area contributed by atoms with Crippen LogP contribution in [0.2, 0.25) is 0 Å². The zero-order valence-corrected chi connectivity index (χ0v) is 19.4. The maximum absolute atomic E-state index is 3.76. The van der Waals surface area contributed by atoms with Gasteiger partial charge in [0, 0.05) is 19.4 Å². The van der Waals surface area contributed by atoms with Crippen LogP contribution in [0.3, 0.4) is 0 Å². The third kappa shape index (κ3) is 6.99. The molecule has 0 radical (unpaired) electrons. The lowest BCUT2D eigenvalue weighted by atomic mass is 10.0. The average molecular weight is 444 g/mol. The number of hydrogen-bond donors (Lipinski definition) is 0. The van der Waals surface area contributed by atoms with Crippen molar-refractivity contribution in [2.75, 3.05) is 0 Å². The van der Waals surface area contributed by atoms with Gasteiger partial charge < -0.3 is 0 Å². The van der Waals surface area contributed by atoms with Gasteiger partial charge in [-0.1, -0.05) is 78.1 Å². The molecule has 142 valence electrons. The van der Waals surface area contributed by atoms with E-state index in [0.29, 0.717) is 0 Å². The summed E-state index contributed by atoms with van der Waals surface area (Å²) >= 11 is 7.76. The van der Waals surface area contributed by atoms with E-state index in [2.05, 4.69) is 46.5 Å². The van der Waals surface area contributed by atoms with Crippen molar-refractivity contribution in [3.63, 3.8) is 0 Å². The second kappa shape index (κ2) is 12.5. The molecule has 0 saturated carbocycles. The smallest absolute Gasteiger partial charge is 0.0598 e. The molecule has 0 fully saturated rings. The van der Waals surface area contributed by atoms with Crippen molar-refractivity contribution in [3.05, 3.63) is 20.3 Å². The van der Waals surface area contributed by atoms with E-state index < -0.39 is 0 Å². The summed E-state index contributed by atoms with van der Waals surface area (Å²) in [4.78, 5) is 1.69. The van der Waals surface area contributed by atoms with Crippen LogP contribution in [0.1, 0.15) is 101 Å². The lowest BCUT2D eigenvalue weighted by Crippen LogP contribution is -1.91. The average Bonchev–Trinajstić information content (AvgIpc) is 3.14. The van der Waals surface area contributed by atoms with Crippen LogP contribution >= 0.6 is 38.6 Å². The molecule has 0 spiro atoms. The summed E-state index contributed by atoms with van der Waals surface area (Å²) < 4.78 is 4.40. The Kier molecular flexibility index (Phi) is 10.7. The van der Waals surface area contributed by atoms with Crippen LogP contribution in [0.25, 0.3) is 9.40 Å². The second-order valence-corrected chi connectivity index (χ2v) is 10.1. The summed E-state index contributed by atoms with van der Waals surface area (Å²) in [5.74, 6) is 0. The molecule has 0 bridgehead atoms. The first-order valence-corrected chi connectivity index (χ1v) is 12.9. The molecule has 3 heteroatoms. The third-order valence-corrected chi connectivity index (χ3v) is 8.76. The first kappa shape index (κ1) is 21.4. The minimum absolute atomic E-state index is 1.30. The molecule has 0 N–H and O–H groups in total. The Morgan fingerprint density at radius 2 is 1.28 bits per heavy atom. The molecule has 2 heterocycles. The van der Waals surface area contributed by atoms with Gasteiger partial charge in [-0.15, -0.1) is 22.7 Å². The first-order chi connectivity index (χ1) is 12.3. The van der Waals surface area contributed by atoms with E-state index in [0.717, 1.165) is 0 Å². The predicted octanol–water partition coefficient (Wildman–Crippen LogP) is 9.53. The molecule has 0 aliphatic rings. The number of thiophene rings is 2. The van der Waals surface area contributed by atoms with Crippen molar-refractivity contribution in [2.24, 2.45) is 0 Å². The molecule has 0 amide bonds. The summed E-state index contributed by atoms with van der Waals surface area (Å²) in [5, 5.41) is 2.28. The van der Waals surface area contributed by atoms with Crippen LogP contribution < -0.4 is 0 Å². The molecule has 0 saturated heterocycles. The quantitative estimate of drug-likeness (QED) is 0.255. The Morgan fingerprint density at radius 3 is 1.92 bits per heavy atom. The van der Waals surface area contributed by atoms with E-state index in [9.17, 15) is 0 Å². The molecular weight excluding hydrogens is 408 g/mol. The van der Waals surface area contributed by atoms with E-state index in [1.807, 2.05) is 11.3 Å². The minimum atomic E-state index is 1.30. The lowest BCUT2D eigenvalue weighted by Gasteiger charge is -2.05. The SMILES string of the molecule is CCCCCCCCc1sc2c(Br)csc2c1CCCCCCCC. The van der Waals surface area contributed by atoms with Gasteiger partial charge in [-0.2, -0.15) is 0 Å². The highest BCUT2D eigenvalue weighted by Crippen LogP contribution is 2.42. The third-order valence-electron chi connectivity index (χ3n) is 5.08. The summed E-state index contributed by atoms with van der Waals surface area (Å²) in [5.41, 5.74) is 1.69. The molecule has 0 unspecified atom stereocenters. The Morgan fingerprint density at radius 1 is 0.720 bits per heavy atom. The molecular formula is C22H35BrS2. The molecule has 2 aromatic rings. The topological polar surface area (TPSA) is 0 Å². The van der Waals surface area contributed by atoms with Crippen LogP contribution in [0, 0.1) is 0 Å². The number of aryl methyl sites for hydroxylation is 2. The van der Waals surface area contributed by atoms with E-state index in [4.69, 9.17) is 0 Å². The normalized spacial score (nSPS) is 11.6. The fraction of sp³-hybridized carbons (Fsp3) is 0.727. The van der Waals surface area contributed by atoms with Crippen molar-refractivity contribution in [2.45, 2.75) is 104 Å². The maximum atomic E-state index is 3.76. The molecule has 0 nitrogen and oxygen atoms in total. The van der Waals surface area contributed by atoms with E-state index >= 15 is 0 Å². The van der Waals surface area contributed by atoms with Gasteiger partial charge in [0.05, 0.1) is 4.70 Å². The van der Waals surface area contributed by atoms with Gasteiger partial charge in [0.2, 0.25) is 0 Å². The van der Waals surface area contributed by atoms with E-state index in [1.165, 1.54) is 99.1 Å². The Bertz CT molecular complexity index is 596. The Balaban J connectivity index is 1.86. The number of hydrogen-bond acceptors (Lipinski definition) is 2. The van der Waals surface area contributed by atoms with Crippen LogP contribution in [0.15, 0.2) is 9.85 Å². The second-order valence-electron chi connectivity index (χ2n) is 7.28. The minimum Gasteiger partial charge on any atom is -0.141 e. The fourth-order valence-corrected chi connectivity index (χ4v) is 6.92. The standard InChI is InChI=1S/C22H35BrS2/c1-3-5-7-9-11-13-15-18-20(16-14-12-10-8-6-4-2)25-22-19(23)17-24-21(18)22/h17H,3-16H2,1-2H3. The molecule has 0 aliphatic carbocycles. The highest BCUT2D eigenvalue weighted by Gasteiger charge is 2.15. The molecule has 0 atom stereocenters. The molecule has 2 rings (SSSR count). The van der Waals surface area contributed by atoms with Crippen LogP contribution in [-0.2, 0) is 12.8 Å². The van der Waals surface area contributed by atoms with Gasteiger partial charge in [0.1, 0.15) is 0 Å². The Hall–Kier alpha value is 0.140. The predicted molar refractivity (Wildman–Crippen MR) is 122 cm³/mol. The van der Waals surface area contributed by atoms with Gasteiger partial charge >= 0.3 is 0 Å². The van der Waals surface area contributed by atoms with Crippen molar-refractivity contribution in [1.29, 1.82) is 0 Å². The van der Waals surface area contributed by atoms with Crippen molar-refractivity contribution in [1.82, 2.24) is 0 Å². The van der Waals surface area contributed by atoms with Crippen LogP contribution in [0.5, 0.6) is 0 Å². The molecule has 2 aromatic heterocycles. The van der Waals surface area contributed by atoms with Gasteiger partial charge in [-0.3, -0.25) is 0 Å². The monoisotopic (exact) mass is 442 g/mol. The van der Waals surface area contributed by atoms with Crippen LogP contribution in [0.4, 0.5) is 0 Å². The highest BCUT2D eigenvalue weighted by molar-refractivity contribution is 9.10. The van der Waals surface area contributed by atoms with E-state index in [1.54, 1.807) is 15.1 Å². The number of fused-ring (bicyclic) bond motifs is 1. The summed E-state index contributed by atoms with van der Waals surface area (Å²) in [6, 6.07) is 0. The van der Waals surface area contributed by atoms with Gasteiger partial charge in [0.25, 0.3) is 0 Å². The maximum Gasteiger partial charge on any atom is 0.0598 e. The van der Waals surface area contributed by atoms with Crippen molar-refractivity contribution >= 4 is 48.0 Å². The zero-order chi connectivity index (χ0) is 17.9. The van der Waals surface area contributed by atoms with Gasteiger partial charge in [-0.05, 0) is 47.2 Å². The largest absolute Gasteiger partial charge is 0.141 e. The summed E-state index contributed by atoms with van der Waals surface area (Å²) in [6.07, 6.45) is 19.3. The number of unbranched alkanes of at least 4 members (excludes halogenated alkanes) is 10. The van der Waals surface area contributed by atoms with Gasteiger partial charge in [0.15, 0.2) is 0 Å². The number of rotatable bonds is 14. The molecule has 0 aliphatic heterocycles. The Labute approximate surface area is 171 Å². The van der Waals surface area contributed by atoms with Gasteiger partial charge in [-0.25, -0.2) is 0 Å². The highest BCUT2D eigenvalue weighted by atomic mass is 79.9. The molecule has 0 aromatic carbocycles. The van der Waals surface area contributed by atoms with Crippen molar-refractivity contribution in [3.8, 4) is 0 Å². The summed E-state index contributed by atoms with van der Waals surface area (Å²) in [7, 11) is 0. The van der Waals surface area contributed by atoms with E-state index in [-0.39, 0.29) is 0 Å². The zero-order valence-electron chi connectivity index (χ0n) is 16.2. The first-order valence-electron chi connectivity index (χ1n) is 10.4. The van der Waals surface area contributed by atoms with Crippen LogP contribution in [-0.4, -0.2) is 0 Å². The molecule has 25 heavy (non-hydrogen) atoms. The fourth-order valence-electron chi connectivity index (χ4n) is 3.54.